The van der Waals surface area contributed by atoms with Gasteiger partial charge in [0.25, 0.3) is 0 Å². The minimum absolute atomic E-state index is 0.0919. The lowest BCUT2D eigenvalue weighted by Gasteiger charge is -2.06. The van der Waals surface area contributed by atoms with Crippen molar-refractivity contribution in [2.45, 2.75) is 30.7 Å². The van der Waals surface area contributed by atoms with Gasteiger partial charge in [-0.25, -0.2) is 23.1 Å². The first-order valence-corrected chi connectivity index (χ1v) is 9.95. The van der Waals surface area contributed by atoms with E-state index in [2.05, 4.69) is 19.7 Å². The molecular weight excluding hydrogens is 350 g/mol. The molecule has 3 heterocycles. The van der Waals surface area contributed by atoms with Gasteiger partial charge >= 0.3 is 0 Å². The van der Waals surface area contributed by atoms with Gasteiger partial charge in [0.15, 0.2) is 5.65 Å². The van der Waals surface area contributed by atoms with Crippen molar-refractivity contribution in [3.8, 4) is 11.3 Å². The van der Waals surface area contributed by atoms with E-state index in [4.69, 9.17) is 0 Å². The van der Waals surface area contributed by atoms with Gasteiger partial charge in [-0.05, 0) is 38.0 Å². The first-order chi connectivity index (χ1) is 12.5. The number of nitrogens with one attached hydrogen (secondary N) is 2. The standard InChI is InChI=1S/C18H17N5O2S/c1-11-21-17(16-10-20-18-15(23(11)16)8-9-19-18)12-2-6-14(7-3-12)26(24,25)22-13-4-5-13/h2-3,6-10,13,19,22H,4-5H2,1H3. The van der Waals surface area contributed by atoms with E-state index in [-0.39, 0.29) is 10.9 Å². The summed E-state index contributed by atoms with van der Waals surface area (Å²) < 4.78 is 29.4. The van der Waals surface area contributed by atoms with E-state index in [0.29, 0.717) is 0 Å². The fraction of sp³-hybridized carbons (Fsp3) is 0.222. The minimum atomic E-state index is -3.45. The Morgan fingerprint density at radius 3 is 2.65 bits per heavy atom. The molecule has 1 aliphatic rings. The molecule has 0 saturated heterocycles. The van der Waals surface area contributed by atoms with Crippen LogP contribution in [0.25, 0.3) is 27.9 Å². The average Bonchev–Trinajstić information content (AvgIpc) is 3.18. The minimum Gasteiger partial charge on any atom is -0.345 e. The topological polar surface area (TPSA) is 92.2 Å². The Bertz CT molecular complexity index is 1230. The lowest BCUT2D eigenvalue weighted by molar-refractivity contribution is 0.581. The van der Waals surface area contributed by atoms with Crippen LogP contribution in [0.5, 0.6) is 0 Å². The van der Waals surface area contributed by atoms with Crippen LogP contribution in [0.1, 0.15) is 18.7 Å². The summed E-state index contributed by atoms with van der Waals surface area (Å²) in [6.45, 7) is 1.95. The molecular formula is C18H17N5O2S. The number of aromatic nitrogens is 4. The van der Waals surface area contributed by atoms with Gasteiger partial charge in [-0.2, -0.15) is 0 Å². The Hall–Kier alpha value is -2.71. The summed E-state index contributed by atoms with van der Waals surface area (Å²) in [6, 6.07) is 8.91. The van der Waals surface area contributed by atoms with Gasteiger partial charge in [0, 0.05) is 17.8 Å². The highest BCUT2D eigenvalue weighted by molar-refractivity contribution is 7.89. The highest BCUT2D eigenvalue weighted by Gasteiger charge is 2.28. The van der Waals surface area contributed by atoms with Crippen molar-refractivity contribution in [1.29, 1.82) is 0 Å². The normalized spacial score (nSPS) is 15.1. The van der Waals surface area contributed by atoms with Gasteiger partial charge in [-0.15, -0.1) is 0 Å². The number of benzene rings is 1. The lowest BCUT2D eigenvalue weighted by Crippen LogP contribution is -2.25. The lowest BCUT2D eigenvalue weighted by atomic mass is 10.1. The predicted octanol–water partition coefficient (Wildman–Crippen LogP) is 2.63. The highest BCUT2D eigenvalue weighted by Crippen LogP contribution is 2.28. The number of hydrogen-bond donors (Lipinski definition) is 2. The van der Waals surface area contributed by atoms with E-state index in [1.54, 1.807) is 30.5 Å². The molecule has 5 rings (SSSR count). The van der Waals surface area contributed by atoms with Crippen LogP contribution in [0.3, 0.4) is 0 Å². The van der Waals surface area contributed by atoms with Crippen LogP contribution in [0.2, 0.25) is 0 Å². The average molecular weight is 367 g/mol. The van der Waals surface area contributed by atoms with E-state index in [9.17, 15) is 8.42 Å². The van der Waals surface area contributed by atoms with E-state index < -0.39 is 10.0 Å². The maximum Gasteiger partial charge on any atom is 0.240 e. The monoisotopic (exact) mass is 367 g/mol. The molecule has 2 N–H and O–H groups in total. The Morgan fingerprint density at radius 2 is 1.92 bits per heavy atom. The van der Waals surface area contributed by atoms with Crippen LogP contribution in [-0.4, -0.2) is 33.8 Å². The molecule has 0 spiro atoms. The van der Waals surface area contributed by atoms with Crippen LogP contribution in [0, 0.1) is 6.92 Å². The summed E-state index contributed by atoms with van der Waals surface area (Å²) in [4.78, 5) is 12.5. The smallest absolute Gasteiger partial charge is 0.240 e. The first-order valence-electron chi connectivity index (χ1n) is 8.47. The fourth-order valence-corrected chi connectivity index (χ4v) is 4.53. The van der Waals surface area contributed by atoms with Crippen LogP contribution < -0.4 is 4.72 Å². The fourth-order valence-electron chi connectivity index (χ4n) is 3.23. The molecule has 0 radical (unpaired) electrons. The summed E-state index contributed by atoms with van der Waals surface area (Å²) >= 11 is 0. The Labute approximate surface area is 150 Å². The second-order valence-electron chi connectivity index (χ2n) is 6.62. The van der Waals surface area contributed by atoms with Crippen LogP contribution in [0.15, 0.2) is 47.6 Å². The van der Waals surface area contributed by atoms with Gasteiger partial charge in [0.1, 0.15) is 5.82 Å². The zero-order valence-corrected chi connectivity index (χ0v) is 14.9. The Kier molecular flexibility index (Phi) is 3.22. The summed E-state index contributed by atoms with van der Waals surface area (Å²) in [6.07, 6.45) is 5.46. The molecule has 7 nitrogen and oxygen atoms in total. The van der Waals surface area contributed by atoms with Crippen molar-refractivity contribution in [1.82, 2.24) is 24.1 Å². The molecule has 26 heavy (non-hydrogen) atoms. The van der Waals surface area contributed by atoms with Crippen molar-refractivity contribution in [3.05, 3.63) is 48.5 Å². The van der Waals surface area contributed by atoms with Crippen molar-refractivity contribution in [2.75, 3.05) is 0 Å². The van der Waals surface area contributed by atoms with Gasteiger partial charge in [-0.3, -0.25) is 4.40 Å². The highest BCUT2D eigenvalue weighted by atomic mass is 32.2. The summed E-state index contributed by atoms with van der Waals surface area (Å²) in [5.41, 5.74) is 4.31. The number of rotatable bonds is 4. The molecule has 1 aliphatic carbocycles. The summed E-state index contributed by atoms with van der Waals surface area (Å²) in [5.74, 6) is 0.856. The van der Waals surface area contributed by atoms with Crippen LogP contribution in [0.4, 0.5) is 0 Å². The zero-order chi connectivity index (χ0) is 17.9. The molecule has 4 aromatic rings. The van der Waals surface area contributed by atoms with Gasteiger partial charge in [-0.1, -0.05) is 12.1 Å². The molecule has 0 aliphatic heterocycles. The van der Waals surface area contributed by atoms with Gasteiger partial charge in [0.05, 0.1) is 27.8 Å². The molecule has 132 valence electrons. The van der Waals surface area contributed by atoms with Gasteiger partial charge in [0.2, 0.25) is 10.0 Å². The first kappa shape index (κ1) is 15.5. The number of H-pyrrole nitrogens is 1. The van der Waals surface area contributed by atoms with Crippen molar-refractivity contribution in [3.63, 3.8) is 0 Å². The van der Waals surface area contributed by atoms with Crippen LogP contribution in [-0.2, 0) is 10.0 Å². The number of sulfonamides is 1. The molecule has 0 atom stereocenters. The van der Waals surface area contributed by atoms with Crippen molar-refractivity contribution < 1.29 is 8.42 Å². The molecule has 8 heteroatoms. The maximum absolute atomic E-state index is 12.3. The number of aromatic amines is 1. The van der Waals surface area contributed by atoms with E-state index in [1.807, 2.05) is 23.6 Å². The van der Waals surface area contributed by atoms with Crippen LogP contribution >= 0.6 is 0 Å². The second-order valence-corrected chi connectivity index (χ2v) is 8.33. The molecule has 1 fully saturated rings. The summed E-state index contributed by atoms with van der Waals surface area (Å²) in [5, 5.41) is 0. The van der Waals surface area contributed by atoms with Crippen molar-refractivity contribution in [2.24, 2.45) is 0 Å². The van der Waals surface area contributed by atoms with Gasteiger partial charge < -0.3 is 4.98 Å². The number of fused-ring (bicyclic) bond motifs is 3. The number of nitrogens with zero attached hydrogens (tertiary/aromatic N) is 3. The third kappa shape index (κ3) is 2.41. The molecule has 1 aromatic carbocycles. The Balaban J connectivity index is 1.59. The van der Waals surface area contributed by atoms with E-state index >= 15 is 0 Å². The maximum atomic E-state index is 12.3. The second kappa shape index (κ2) is 5.39. The molecule has 0 bridgehead atoms. The molecule has 0 unspecified atom stereocenters. The van der Waals surface area contributed by atoms with Crippen molar-refractivity contribution >= 4 is 26.7 Å². The third-order valence-corrected chi connectivity index (χ3v) is 6.22. The quantitative estimate of drug-likeness (QED) is 0.580. The SMILES string of the molecule is Cc1nc(-c2ccc(S(=O)(=O)NC3CC3)cc2)c2cnc3[nH]ccc3n12. The number of hydrogen-bond acceptors (Lipinski definition) is 4. The number of imidazole rings is 1. The zero-order valence-electron chi connectivity index (χ0n) is 14.1. The summed E-state index contributed by atoms with van der Waals surface area (Å²) in [7, 11) is -3.45. The number of aryl methyl sites for hydroxylation is 1. The predicted molar refractivity (Wildman–Crippen MR) is 98.4 cm³/mol. The molecule has 1 saturated carbocycles. The molecule has 0 amide bonds. The van der Waals surface area contributed by atoms with E-state index in [0.717, 1.165) is 46.6 Å². The largest absolute Gasteiger partial charge is 0.345 e. The third-order valence-electron chi connectivity index (χ3n) is 4.68. The Morgan fingerprint density at radius 1 is 1.15 bits per heavy atom. The molecule has 3 aromatic heterocycles. The van der Waals surface area contributed by atoms with E-state index in [1.165, 1.54) is 0 Å².